The number of hydrogen-bond acceptors (Lipinski definition) is 3. The Morgan fingerprint density at radius 2 is 2.45 bits per heavy atom. The van der Waals surface area contributed by atoms with Crippen molar-refractivity contribution < 1.29 is 4.74 Å². The molecule has 1 atom stereocenters. The van der Waals surface area contributed by atoms with Gasteiger partial charge in [0.1, 0.15) is 6.10 Å². The van der Waals surface area contributed by atoms with Gasteiger partial charge in [0.25, 0.3) is 0 Å². The molecule has 1 aliphatic heterocycles. The third-order valence-corrected chi connectivity index (χ3v) is 2.86. The van der Waals surface area contributed by atoms with Crippen LogP contribution in [0.3, 0.4) is 0 Å². The minimum atomic E-state index is 0.318. The van der Waals surface area contributed by atoms with Crippen molar-refractivity contribution in [1.82, 2.24) is 4.98 Å². The average Bonchev–Trinajstić information content (AvgIpc) is 2.68. The maximum Gasteiger partial charge on any atom is 0.124 e. The van der Waals surface area contributed by atoms with Gasteiger partial charge in [-0.3, -0.25) is 0 Å². The maximum absolute atomic E-state index is 5.13. The Kier molecular flexibility index (Phi) is 1.69. The quantitative estimate of drug-likeness (QED) is 0.635. The van der Waals surface area contributed by atoms with Gasteiger partial charge in [-0.05, 0) is 0 Å². The number of epoxide rings is 1. The van der Waals surface area contributed by atoms with E-state index in [-0.39, 0.29) is 0 Å². The third kappa shape index (κ3) is 1.44. The van der Waals surface area contributed by atoms with E-state index in [0.29, 0.717) is 12.0 Å². The fourth-order valence-electron chi connectivity index (χ4n) is 0.933. The first-order valence-electron chi connectivity index (χ1n) is 3.84. The second-order valence-corrected chi connectivity index (χ2v) is 3.98. The number of rotatable bonds is 2. The van der Waals surface area contributed by atoms with E-state index < -0.39 is 0 Å². The fourth-order valence-corrected chi connectivity index (χ4v) is 1.81. The van der Waals surface area contributed by atoms with Gasteiger partial charge in [0, 0.05) is 11.3 Å². The Bertz CT molecular complexity index is 236. The fraction of sp³-hybridized carbons (Fsp3) is 0.625. The Hall–Kier alpha value is -0.410. The van der Waals surface area contributed by atoms with Gasteiger partial charge in [-0.15, -0.1) is 11.3 Å². The summed E-state index contributed by atoms with van der Waals surface area (Å²) in [6.45, 7) is 5.19. The summed E-state index contributed by atoms with van der Waals surface area (Å²) in [7, 11) is 0. The monoisotopic (exact) mass is 169 g/mol. The standard InChI is InChI=1S/C8H11NOS/c1-5(2)8-9-6(4-11-8)7-3-10-7/h4-5,7H,3H2,1-2H3/t7-/m0/s1. The molecule has 0 aliphatic carbocycles. The average molecular weight is 169 g/mol. The number of thiazole rings is 1. The highest BCUT2D eigenvalue weighted by Crippen LogP contribution is 2.31. The van der Waals surface area contributed by atoms with Gasteiger partial charge in [-0.25, -0.2) is 4.98 Å². The molecule has 1 saturated heterocycles. The number of nitrogens with zero attached hydrogens (tertiary/aromatic N) is 1. The zero-order chi connectivity index (χ0) is 7.84. The molecule has 2 nitrogen and oxygen atoms in total. The summed E-state index contributed by atoms with van der Waals surface area (Å²) in [5.74, 6) is 0.549. The molecule has 0 aromatic carbocycles. The van der Waals surface area contributed by atoms with E-state index >= 15 is 0 Å². The summed E-state index contributed by atoms with van der Waals surface area (Å²) in [4.78, 5) is 4.47. The van der Waals surface area contributed by atoms with E-state index in [1.165, 1.54) is 5.01 Å². The molecule has 1 aromatic heterocycles. The van der Waals surface area contributed by atoms with Crippen LogP contribution in [-0.2, 0) is 4.74 Å². The number of aromatic nitrogens is 1. The first-order chi connectivity index (χ1) is 5.27. The third-order valence-electron chi connectivity index (χ3n) is 1.70. The van der Waals surface area contributed by atoms with Crippen LogP contribution in [0.25, 0.3) is 0 Å². The predicted octanol–water partition coefficient (Wildman–Crippen LogP) is 2.34. The second kappa shape index (κ2) is 2.57. The lowest BCUT2D eigenvalue weighted by Crippen LogP contribution is -1.86. The van der Waals surface area contributed by atoms with Gasteiger partial charge in [0.15, 0.2) is 0 Å². The lowest BCUT2D eigenvalue weighted by atomic mass is 10.2. The zero-order valence-corrected chi connectivity index (χ0v) is 7.52. The molecule has 1 aromatic rings. The minimum absolute atomic E-state index is 0.318. The van der Waals surface area contributed by atoms with Crippen LogP contribution in [0.15, 0.2) is 5.38 Å². The zero-order valence-electron chi connectivity index (χ0n) is 6.70. The molecular formula is C8H11NOS. The van der Waals surface area contributed by atoms with Gasteiger partial charge < -0.3 is 4.74 Å². The van der Waals surface area contributed by atoms with E-state index in [0.717, 1.165) is 12.3 Å². The van der Waals surface area contributed by atoms with Crippen LogP contribution in [0.1, 0.15) is 36.6 Å². The van der Waals surface area contributed by atoms with Crippen molar-refractivity contribution in [2.24, 2.45) is 0 Å². The summed E-state index contributed by atoms with van der Waals surface area (Å²) in [5.41, 5.74) is 1.12. The molecule has 0 radical (unpaired) electrons. The lowest BCUT2D eigenvalue weighted by molar-refractivity contribution is 0.412. The van der Waals surface area contributed by atoms with Crippen LogP contribution < -0.4 is 0 Å². The van der Waals surface area contributed by atoms with Gasteiger partial charge in [0.05, 0.1) is 17.3 Å². The van der Waals surface area contributed by atoms with Crippen molar-refractivity contribution in [3.8, 4) is 0 Å². The molecular weight excluding hydrogens is 158 g/mol. The molecule has 0 saturated carbocycles. The maximum atomic E-state index is 5.13. The molecule has 3 heteroatoms. The topological polar surface area (TPSA) is 25.4 Å². The minimum Gasteiger partial charge on any atom is -0.366 e. The molecule has 1 fully saturated rings. The Morgan fingerprint density at radius 3 is 2.91 bits per heavy atom. The van der Waals surface area contributed by atoms with E-state index in [4.69, 9.17) is 4.74 Å². The Labute approximate surface area is 70.2 Å². The summed E-state index contributed by atoms with van der Waals surface area (Å²) in [5, 5.41) is 3.32. The van der Waals surface area contributed by atoms with Crippen LogP contribution in [0, 0.1) is 0 Å². The Balaban J connectivity index is 2.18. The molecule has 2 rings (SSSR count). The molecule has 60 valence electrons. The van der Waals surface area contributed by atoms with E-state index in [9.17, 15) is 0 Å². The highest BCUT2D eigenvalue weighted by atomic mass is 32.1. The molecule has 11 heavy (non-hydrogen) atoms. The summed E-state index contributed by atoms with van der Waals surface area (Å²) in [6, 6.07) is 0. The molecule has 0 N–H and O–H groups in total. The first-order valence-corrected chi connectivity index (χ1v) is 4.72. The van der Waals surface area contributed by atoms with Gasteiger partial charge in [-0.2, -0.15) is 0 Å². The first kappa shape index (κ1) is 7.25. The largest absolute Gasteiger partial charge is 0.366 e. The van der Waals surface area contributed by atoms with E-state index in [2.05, 4.69) is 24.2 Å². The molecule has 1 aliphatic rings. The van der Waals surface area contributed by atoms with Crippen LogP contribution >= 0.6 is 11.3 Å². The normalized spacial score (nSPS) is 22.6. The highest BCUT2D eigenvalue weighted by Gasteiger charge is 2.27. The predicted molar refractivity (Wildman–Crippen MR) is 44.9 cm³/mol. The molecule has 0 amide bonds. The smallest absolute Gasteiger partial charge is 0.124 e. The van der Waals surface area contributed by atoms with E-state index in [1.807, 2.05) is 0 Å². The van der Waals surface area contributed by atoms with Crippen LogP contribution in [-0.4, -0.2) is 11.6 Å². The SMILES string of the molecule is CC(C)c1nc([C@@H]2CO2)cs1. The lowest BCUT2D eigenvalue weighted by Gasteiger charge is -1.95. The number of hydrogen-bond donors (Lipinski definition) is 0. The van der Waals surface area contributed by atoms with Crippen molar-refractivity contribution in [2.45, 2.75) is 25.9 Å². The molecule has 0 bridgehead atoms. The van der Waals surface area contributed by atoms with Crippen molar-refractivity contribution in [3.63, 3.8) is 0 Å². The molecule has 2 heterocycles. The van der Waals surface area contributed by atoms with Crippen molar-refractivity contribution in [1.29, 1.82) is 0 Å². The van der Waals surface area contributed by atoms with Gasteiger partial charge in [0.2, 0.25) is 0 Å². The van der Waals surface area contributed by atoms with Crippen LogP contribution in [0.2, 0.25) is 0 Å². The Morgan fingerprint density at radius 1 is 1.73 bits per heavy atom. The number of ether oxygens (including phenoxy) is 1. The van der Waals surface area contributed by atoms with Crippen LogP contribution in [0.5, 0.6) is 0 Å². The van der Waals surface area contributed by atoms with Crippen molar-refractivity contribution in [3.05, 3.63) is 16.1 Å². The highest BCUT2D eigenvalue weighted by molar-refractivity contribution is 7.09. The summed E-state index contributed by atoms with van der Waals surface area (Å²) >= 11 is 1.73. The second-order valence-electron chi connectivity index (χ2n) is 3.09. The van der Waals surface area contributed by atoms with Crippen molar-refractivity contribution >= 4 is 11.3 Å². The summed E-state index contributed by atoms with van der Waals surface area (Å²) in [6.07, 6.45) is 0.318. The van der Waals surface area contributed by atoms with E-state index in [1.54, 1.807) is 11.3 Å². The van der Waals surface area contributed by atoms with Crippen molar-refractivity contribution in [2.75, 3.05) is 6.61 Å². The van der Waals surface area contributed by atoms with Gasteiger partial charge >= 0.3 is 0 Å². The van der Waals surface area contributed by atoms with Crippen LogP contribution in [0.4, 0.5) is 0 Å². The molecule has 0 spiro atoms. The van der Waals surface area contributed by atoms with Gasteiger partial charge in [-0.1, -0.05) is 13.8 Å². The summed E-state index contributed by atoms with van der Waals surface area (Å²) < 4.78 is 5.13. The molecule has 0 unspecified atom stereocenters.